The highest BCUT2D eigenvalue weighted by molar-refractivity contribution is 7.09. The van der Waals surface area contributed by atoms with Crippen LogP contribution >= 0.6 is 11.3 Å². The number of hydrogen-bond acceptors (Lipinski definition) is 3. The minimum atomic E-state index is 0.250. The largest absolute Gasteiger partial charge is 0.327 e. The SMILES string of the molecule is NC(CC1=CCCCC1)Cc1nccs1. The zero-order valence-corrected chi connectivity index (χ0v) is 9.80. The summed E-state index contributed by atoms with van der Waals surface area (Å²) in [5, 5.41) is 3.18. The molecule has 0 radical (unpaired) electrons. The smallest absolute Gasteiger partial charge is 0.0940 e. The number of rotatable bonds is 4. The maximum Gasteiger partial charge on any atom is 0.0940 e. The molecule has 1 aromatic heterocycles. The molecule has 3 heteroatoms. The van der Waals surface area contributed by atoms with Crippen molar-refractivity contribution >= 4 is 11.3 Å². The molecule has 82 valence electrons. The van der Waals surface area contributed by atoms with Crippen molar-refractivity contribution in [3.8, 4) is 0 Å². The first-order valence-corrected chi connectivity index (χ1v) is 6.54. The van der Waals surface area contributed by atoms with Gasteiger partial charge in [-0.05, 0) is 32.1 Å². The molecule has 0 saturated carbocycles. The maximum absolute atomic E-state index is 6.12. The lowest BCUT2D eigenvalue weighted by Crippen LogP contribution is -2.23. The first-order chi connectivity index (χ1) is 7.34. The van der Waals surface area contributed by atoms with E-state index in [0.29, 0.717) is 0 Å². The van der Waals surface area contributed by atoms with Crippen LogP contribution in [0.25, 0.3) is 0 Å². The summed E-state index contributed by atoms with van der Waals surface area (Å²) in [6.45, 7) is 0. The molecular weight excluding hydrogens is 204 g/mol. The van der Waals surface area contributed by atoms with Gasteiger partial charge in [-0.25, -0.2) is 4.98 Å². The van der Waals surface area contributed by atoms with Crippen LogP contribution in [0.15, 0.2) is 23.2 Å². The fourth-order valence-electron chi connectivity index (χ4n) is 2.08. The molecule has 15 heavy (non-hydrogen) atoms. The summed E-state index contributed by atoms with van der Waals surface area (Å²) in [4.78, 5) is 4.27. The van der Waals surface area contributed by atoms with E-state index in [1.54, 1.807) is 16.9 Å². The van der Waals surface area contributed by atoms with Gasteiger partial charge in [0.25, 0.3) is 0 Å². The minimum absolute atomic E-state index is 0.250. The summed E-state index contributed by atoms with van der Waals surface area (Å²) in [5.74, 6) is 0. The third-order valence-corrected chi connectivity index (χ3v) is 3.63. The molecule has 1 unspecified atom stereocenters. The summed E-state index contributed by atoms with van der Waals surface area (Å²) in [6, 6.07) is 0.250. The Morgan fingerprint density at radius 1 is 1.40 bits per heavy atom. The van der Waals surface area contributed by atoms with Crippen LogP contribution < -0.4 is 5.73 Å². The van der Waals surface area contributed by atoms with E-state index in [1.807, 2.05) is 11.6 Å². The molecule has 1 atom stereocenters. The topological polar surface area (TPSA) is 38.9 Å². The molecular formula is C12H18N2S. The summed E-state index contributed by atoms with van der Waals surface area (Å²) >= 11 is 1.70. The minimum Gasteiger partial charge on any atom is -0.327 e. The lowest BCUT2D eigenvalue weighted by atomic mass is 9.94. The Bertz CT molecular complexity index is 316. The Labute approximate surface area is 95.2 Å². The van der Waals surface area contributed by atoms with Gasteiger partial charge in [0.15, 0.2) is 0 Å². The van der Waals surface area contributed by atoms with Crippen LogP contribution in [0, 0.1) is 0 Å². The number of allylic oxidation sites excluding steroid dienone is 1. The molecule has 0 bridgehead atoms. The average molecular weight is 222 g/mol. The van der Waals surface area contributed by atoms with Crippen LogP contribution in [0.3, 0.4) is 0 Å². The van der Waals surface area contributed by atoms with Crippen LogP contribution in [-0.4, -0.2) is 11.0 Å². The van der Waals surface area contributed by atoms with E-state index in [1.165, 1.54) is 30.7 Å². The molecule has 2 nitrogen and oxygen atoms in total. The molecule has 0 aliphatic heterocycles. The van der Waals surface area contributed by atoms with Gasteiger partial charge in [-0.1, -0.05) is 11.6 Å². The molecule has 0 amide bonds. The van der Waals surface area contributed by atoms with Gasteiger partial charge in [0.1, 0.15) is 0 Å². The number of thiazole rings is 1. The zero-order chi connectivity index (χ0) is 10.5. The summed E-state index contributed by atoms with van der Waals surface area (Å²) in [7, 11) is 0. The fourth-order valence-corrected chi connectivity index (χ4v) is 2.79. The Morgan fingerprint density at radius 3 is 3.00 bits per heavy atom. The second kappa shape index (κ2) is 5.42. The monoisotopic (exact) mass is 222 g/mol. The third kappa shape index (κ3) is 3.43. The lowest BCUT2D eigenvalue weighted by molar-refractivity contribution is 0.604. The van der Waals surface area contributed by atoms with E-state index in [-0.39, 0.29) is 6.04 Å². The van der Waals surface area contributed by atoms with Crippen molar-refractivity contribution in [2.24, 2.45) is 5.73 Å². The van der Waals surface area contributed by atoms with Gasteiger partial charge in [-0.15, -0.1) is 11.3 Å². The summed E-state index contributed by atoms with van der Waals surface area (Å²) < 4.78 is 0. The fraction of sp³-hybridized carbons (Fsp3) is 0.583. The van der Waals surface area contributed by atoms with Gasteiger partial charge in [-0.2, -0.15) is 0 Å². The van der Waals surface area contributed by atoms with Crippen molar-refractivity contribution in [2.45, 2.75) is 44.6 Å². The second-order valence-corrected chi connectivity index (χ2v) is 5.18. The Balaban J connectivity index is 1.81. The van der Waals surface area contributed by atoms with Gasteiger partial charge in [0.05, 0.1) is 5.01 Å². The molecule has 0 fully saturated rings. The Kier molecular flexibility index (Phi) is 3.92. The van der Waals surface area contributed by atoms with Gasteiger partial charge in [-0.3, -0.25) is 0 Å². The quantitative estimate of drug-likeness (QED) is 0.796. The third-order valence-electron chi connectivity index (χ3n) is 2.83. The van der Waals surface area contributed by atoms with Crippen molar-refractivity contribution in [1.29, 1.82) is 0 Å². The van der Waals surface area contributed by atoms with Crippen LogP contribution in [0.2, 0.25) is 0 Å². The van der Waals surface area contributed by atoms with Gasteiger partial charge in [0, 0.05) is 24.0 Å². The van der Waals surface area contributed by atoms with E-state index in [2.05, 4.69) is 11.1 Å². The van der Waals surface area contributed by atoms with Crippen molar-refractivity contribution in [3.63, 3.8) is 0 Å². The zero-order valence-electron chi connectivity index (χ0n) is 8.98. The normalized spacial score (nSPS) is 18.6. The van der Waals surface area contributed by atoms with Crippen molar-refractivity contribution in [3.05, 3.63) is 28.2 Å². The first kappa shape index (κ1) is 10.8. The molecule has 0 spiro atoms. The number of aromatic nitrogens is 1. The molecule has 1 aliphatic rings. The first-order valence-electron chi connectivity index (χ1n) is 5.66. The molecule has 2 N–H and O–H groups in total. The second-order valence-electron chi connectivity index (χ2n) is 4.20. The van der Waals surface area contributed by atoms with Crippen LogP contribution in [-0.2, 0) is 6.42 Å². The number of nitrogens with two attached hydrogens (primary N) is 1. The van der Waals surface area contributed by atoms with Crippen LogP contribution in [0.5, 0.6) is 0 Å². The Hall–Kier alpha value is -0.670. The highest BCUT2D eigenvalue weighted by atomic mass is 32.1. The van der Waals surface area contributed by atoms with E-state index in [4.69, 9.17) is 5.73 Å². The van der Waals surface area contributed by atoms with E-state index >= 15 is 0 Å². The van der Waals surface area contributed by atoms with E-state index < -0.39 is 0 Å². The molecule has 0 aromatic carbocycles. The van der Waals surface area contributed by atoms with Crippen LogP contribution in [0.1, 0.15) is 37.1 Å². The van der Waals surface area contributed by atoms with Crippen molar-refractivity contribution in [2.75, 3.05) is 0 Å². The number of hydrogen-bond donors (Lipinski definition) is 1. The predicted octanol–water partition coefficient (Wildman–Crippen LogP) is 2.90. The molecule has 0 saturated heterocycles. The van der Waals surface area contributed by atoms with Crippen LogP contribution in [0.4, 0.5) is 0 Å². The van der Waals surface area contributed by atoms with E-state index in [9.17, 15) is 0 Å². The highest BCUT2D eigenvalue weighted by Gasteiger charge is 2.10. The average Bonchev–Trinajstić information content (AvgIpc) is 2.71. The molecule has 2 rings (SSSR count). The van der Waals surface area contributed by atoms with Gasteiger partial charge in [0.2, 0.25) is 0 Å². The van der Waals surface area contributed by atoms with E-state index in [0.717, 1.165) is 12.8 Å². The molecule has 1 aliphatic carbocycles. The number of nitrogens with zero attached hydrogens (tertiary/aromatic N) is 1. The van der Waals surface area contributed by atoms with Gasteiger partial charge < -0.3 is 5.73 Å². The van der Waals surface area contributed by atoms with Gasteiger partial charge >= 0.3 is 0 Å². The molecule has 1 aromatic rings. The maximum atomic E-state index is 6.12. The van der Waals surface area contributed by atoms with Crippen molar-refractivity contribution < 1.29 is 0 Å². The van der Waals surface area contributed by atoms with Crippen molar-refractivity contribution in [1.82, 2.24) is 4.98 Å². The summed E-state index contributed by atoms with van der Waals surface area (Å²) in [5.41, 5.74) is 7.68. The lowest BCUT2D eigenvalue weighted by Gasteiger charge is -2.16. The summed E-state index contributed by atoms with van der Waals surface area (Å²) in [6.07, 6.45) is 11.4. The highest BCUT2D eigenvalue weighted by Crippen LogP contribution is 2.22. The standard InChI is InChI=1S/C12H18N2S/c13-11(9-12-14-6-7-15-12)8-10-4-2-1-3-5-10/h4,6-7,11H,1-3,5,8-9,13H2. The predicted molar refractivity (Wildman–Crippen MR) is 65.0 cm³/mol. The molecule has 1 heterocycles. The Morgan fingerprint density at radius 2 is 2.33 bits per heavy atom.